The highest BCUT2D eigenvalue weighted by Gasteiger charge is 2.36. The predicted octanol–water partition coefficient (Wildman–Crippen LogP) is 3.67. The third-order valence-corrected chi connectivity index (χ3v) is 4.28. The summed E-state index contributed by atoms with van der Waals surface area (Å²) in [5, 5.41) is 0. The van der Waals surface area contributed by atoms with Crippen LogP contribution >= 0.6 is 0 Å². The Kier molecular flexibility index (Phi) is 2.45. The molecule has 1 aromatic carbocycles. The number of benzene rings is 1. The number of ketones is 1. The Morgan fingerprint density at radius 2 is 2.00 bits per heavy atom. The van der Waals surface area contributed by atoms with Crippen LogP contribution in [0, 0.1) is 12.8 Å². The molecule has 0 spiro atoms. The van der Waals surface area contributed by atoms with Gasteiger partial charge < -0.3 is 0 Å². The summed E-state index contributed by atoms with van der Waals surface area (Å²) in [5.41, 5.74) is 5.06. The minimum Gasteiger partial charge on any atom is -0.295 e. The molecule has 1 nitrogen and oxygen atoms in total. The molecule has 0 radical (unpaired) electrons. The molecule has 0 fully saturated rings. The average Bonchev–Trinajstić information content (AvgIpc) is 2.38. The van der Waals surface area contributed by atoms with Gasteiger partial charge in [-0.2, -0.15) is 0 Å². The number of aryl methyl sites for hydroxylation is 1. The van der Waals surface area contributed by atoms with E-state index in [0.29, 0.717) is 5.92 Å². The van der Waals surface area contributed by atoms with Crippen LogP contribution in [0.2, 0.25) is 0 Å². The molecule has 1 aromatic rings. The van der Waals surface area contributed by atoms with E-state index >= 15 is 0 Å². The number of carbonyl (C=O) groups is 1. The molecular weight excluding hydrogens is 196 g/mol. The van der Waals surface area contributed by atoms with Crippen LogP contribution in [-0.2, 0) is 11.8 Å². The molecule has 16 heavy (non-hydrogen) atoms. The molecular formula is C15H20O. The Labute approximate surface area is 97.9 Å². The summed E-state index contributed by atoms with van der Waals surface area (Å²) in [7, 11) is 0. The summed E-state index contributed by atoms with van der Waals surface area (Å²) in [6.07, 6.45) is 1.10. The van der Waals surface area contributed by atoms with Crippen LogP contribution in [0.15, 0.2) is 12.1 Å². The van der Waals surface area contributed by atoms with Crippen molar-refractivity contribution < 1.29 is 4.79 Å². The lowest BCUT2D eigenvalue weighted by atomic mass is 9.79. The number of carbonyl (C=O) groups excluding carboxylic acids is 1. The van der Waals surface area contributed by atoms with Gasteiger partial charge in [0.1, 0.15) is 0 Å². The zero-order valence-corrected chi connectivity index (χ0v) is 10.8. The molecule has 0 amide bonds. The molecule has 1 heteroatoms. The standard InChI is InChI=1S/C15H20O/c1-9-6-14-12(8-13(9)11(3)16)7-10(2)15(14,4)5/h6,8,10H,7H2,1-5H3. The molecule has 0 saturated heterocycles. The van der Waals surface area contributed by atoms with Gasteiger partial charge >= 0.3 is 0 Å². The van der Waals surface area contributed by atoms with Crippen LogP contribution in [0.5, 0.6) is 0 Å². The van der Waals surface area contributed by atoms with Crippen molar-refractivity contribution in [1.29, 1.82) is 0 Å². The van der Waals surface area contributed by atoms with E-state index in [1.165, 1.54) is 11.1 Å². The van der Waals surface area contributed by atoms with Gasteiger partial charge in [0.25, 0.3) is 0 Å². The summed E-state index contributed by atoms with van der Waals surface area (Å²) in [6.45, 7) is 10.6. The van der Waals surface area contributed by atoms with E-state index in [1.54, 1.807) is 6.92 Å². The SMILES string of the molecule is CC(=O)c1cc2c(cc1C)C(C)(C)C(C)C2. The molecule has 1 atom stereocenters. The largest absolute Gasteiger partial charge is 0.295 e. The Morgan fingerprint density at radius 1 is 1.38 bits per heavy atom. The van der Waals surface area contributed by atoms with Crippen molar-refractivity contribution >= 4 is 5.78 Å². The first-order chi connectivity index (χ1) is 7.34. The molecule has 0 heterocycles. The number of fused-ring (bicyclic) bond motifs is 1. The van der Waals surface area contributed by atoms with Gasteiger partial charge in [0.05, 0.1) is 0 Å². The number of rotatable bonds is 1. The first kappa shape index (κ1) is 11.4. The second kappa shape index (κ2) is 3.44. The monoisotopic (exact) mass is 216 g/mol. The molecule has 2 rings (SSSR count). The van der Waals surface area contributed by atoms with E-state index in [4.69, 9.17) is 0 Å². The van der Waals surface area contributed by atoms with E-state index in [1.807, 2.05) is 6.92 Å². The fraction of sp³-hybridized carbons (Fsp3) is 0.533. The summed E-state index contributed by atoms with van der Waals surface area (Å²) >= 11 is 0. The molecule has 0 bridgehead atoms. The van der Waals surface area contributed by atoms with Crippen molar-refractivity contribution in [2.24, 2.45) is 5.92 Å². The molecule has 0 aliphatic heterocycles. The lowest BCUT2D eigenvalue weighted by molar-refractivity contribution is 0.101. The van der Waals surface area contributed by atoms with Gasteiger partial charge in [-0.15, -0.1) is 0 Å². The van der Waals surface area contributed by atoms with Crippen LogP contribution in [0.25, 0.3) is 0 Å². The molecule has 86 valence electrons. The van der Waals surface area contributed by atoms with Gasteiger partial charge in [0, 0.05) is 5.56 Å². The molecule has 1 unspecified atom stereocenters. The van der Waals surface area contributed by atoms with Crippen LogP contribution < -0.4 is 0 Å². The molecule has 1 aliphatic rings. The van der Waals surface area contributed by atoms with Gasteiger partial charge in [-0.25, -0.2) is 0 Å². The fourth-order valence-electron chi connectivity index (χ4n) is 2.75. The lowest BCUT2D eigenvalue weighted by Crippen LogP contribution is -2.21. The topological polar surface area (TPSA) is 17.1 Å². The van der Waals surface area contributed by atoms with Gasteiger partial charge in [0.15, 0.2) is 5.78 Å². The highest BCUT2D eigenvalue weighted by atomic mass is 16.1. The second-order valence-corrected chi connectivity index (χ2v) is 5.71. The third-order valence-electron chi connectivity index (χ3n) is 4.28. The van der Waals surface area contributed by atoms with Crippen molar-refractivity contribution in [2.75, 3.05) is 0 Å². The van der Waals surface area contributed by atoms with Crippen molar-refractivity contribution in [3.05, 3.63) is 34.4 Å². The maximum absolute atomic E-state index is 11.5. The first-order valence-electron chi connectivity index (χ1n) is 5.99. The van der Waals surface area contributed by atoms with E-state index in [-0.39, 0.29) is 11.2 Å². The maximum Gasteiger partial charge on any atom is 0.160 e. The minimum absolute atomic E-state index is 0.178. The smallest absolute Gasteiger partial charge is 0.160 e. The Hall–Kier alpha value is -1.11. The zero-order chi connectivity index (χ0) is 12.1. The van der Waals surface area contributed by atoms with E-state index < -0.39 is 0 Å². The van der Waals surface area contributed by atoms with E-state index in [0.717, 1.165) is 17.5 Å². The maximum atomic E-state index is 11.5. The van der Waals surface area contributed by atoms with E-state index in [9.17, 15) is 4.79 Å². The number of Topliss-reactive ketones (excluding diaryl/α,β-unsaturated/α-hetero) is 1. The normalized spacial score (nSPS) is 21.9. The summed E-state index contributed by atoms with van der Waals surface area (Å²) < 4.78 is 0. The third kappa shape index (κ3) is 1.50. The molecule has 0 aromatic heterocycles. The van der Waals surface area contributed by atoms with Crippen LogP contribution in [0.1, 0.15) is 54.7 Å². The summed E-state index contributed by atoms with van der Waals surface area (Å²) in [5.74, 6) is 0.835. The lowest BCUT2D eigenvalue weighted by Gasteiger charge is -2.25. The van der Waals surface area contributed by atoms with Gasteiger partial charge in [0.2, 0.25) is 0 Å². The zero-order valence-electron chi connectivity index (χ0n) is 10.8. The highest BCUT2D eigenvalue weighted by molar-refractivity contribution is 5.95. The van der Waals surface area contributed by atoms with E-state index in [2.05, 4.69) is 32.9 Å². The molecule has 0 N–H and O–H groups in total. The van der Waals surface area contributed by atoms with Gasteiger partial charge in [-0.1, -0.05) is 26.8 Å². The molecule has 0 saturated carbocycles. The van der Waals surface area contributed by atoms with Crippen LogP contribution in [0.3, 0.4) is 0 Å². The van der Waals surface area contributed by atoms with Crippen LogP contribution in [-0.4, -0.2) is 5.78 Å². The van der Waals surface area contributed by atoms with Crippen molar-refractivity contribution in [3.8, 4) is 0 Å². The number of hydrogen-bond acceptors (Lipinski definition) is 1. The quantitative estimate of drug-likeness (QED) is 0.655. The summed E-state index contributed by atoms with van der Waals surface area (Å²) in [4.78, 5) is 11.5. The van der Waals surface area contributed by atoms with Crippen LogP contribution in [0.4, 0.5) is 0 Å². The van der Waals surface area contributed by atoms with Crippen molar-refractivity contribution in [1.82, 2.24) is 0 Å². The number of hydrogen-bond donors (Lipinski definition) is 0. The van der Waals surface area contributed by atoms with Gasteiger partial charge in [-0.05, 0) is 54.4 Å². The Balaban J connectivity index is 2.61. The first-order valence-corrected chi connectivity index (χ1v) is 5.99. The fourth-order valence-corrected chi connectivity index (χ4v) is 2.75. The predicted molar refractivity (Wildman–Crippen MR) is 67.1 cm³/mol. The Bertz CT molecular complexity index is 455. The average molecular weight is 216 g/mol. The highest BCUT2D eigenvalue weighted by Crippen LogP contribution is 2.43. The minimum atomic E-state index is 0.178. The van der Waals surface area contributed by atoms with Gasteiger partial charge in [-0.3, -0.25) is 4.79 Å². The van der Waals surface area contributed by atoms with Crippen molar-refractivity contribution in [2.45, 2.75) is 46.5 Å². The second-order valence-electron chi connectivity index (χ2n) is 5.71. The summed E-state index contributed by atoms with van der Waals surface area (Å²) in [6, 6.07) is 4.33. The van der Waals surface area contributed by atoms with Crippen molar-refractivity contribution in [3.63, 3.8) is 0 Å². The molecule has 1 aliphatic carbocycles. The Morgan fingerprint density at radius 3 is 2.56 bits per heavy atom.